The average molecular weight is 265 g/mol. The summed E-state index contributed by atoms with van der Waals surface area (Å²) in [6.45, 7) is 7.95. The zero-order valence-electron chi connectivity index (χ0n) is 11.8. The van der Waals surface area contributed by atoms with Gasteiger partial charge in [0.15, 0.2) is 6.10 Å². The summed E-state index contributed by atoms with van der Waals surface area (Å²) in [6.07, 6.45) is 0.00961. The van der Waals surface area contributed by atoms with Crippen molar-refractivity contribution in [3.8, 4) is 5.75 Å². The molecule has 5 nitrogen and oxygen atoms in total. The summed E-state index contributed by atoms with van der Waals surface area (Å²) in [5, 5.41) is 0. The van der Waals surface area contributed by atoms with E-state index in [9.17, 15) is 4.79 Å². The summed E-state index contributed by atoms with van der Waals surface area (Å²) in [5.74, 6) is 5.51. The first-order chi connectivity index (χ1) is 9.15. The molecule has 0 aromatic heterocycles. The van der Waals surface area contributed by atoms with E-state index in [1.165, 1.54) is 0 Å². The van der Waals surface area contributed by atoms with E-state index < -0.39 is 6.10 Å². The number of amides is 1. The topological polar surface area (TPSA) is 67.6 Å². The van der Waals surface area contributed by atoms with Crippen LogP contribution in [0.2, 0.25) is 0 Å². The normalized spacial score (nSPS) is 11.8. The van der Waals surface area contributed by atoms with Gasteiger partial charge in [-0.3, -0.25) is 10.2 Å². The van der Waals surface area contributed by atoms with Crippen molar-refractivity contribution in [3.05, 3.63) is 24.3 Å². The predicted octanol–water partition coefficient (Wildman–Crippen LogP) is 1.68. The SMILES string of the molecule is CCC(Oc1cccc(N(CC)CC)c1)C(=O)NN. The summed E-state index contributed by atoms with van der Waals surface area (Å²) in [5.41, 5.74) is 3.21. The molecule has 0 fully saturated rings. The van der Waals surface area contributed by atoms with Gasteiger partial charge >= 0.3 is 0 Å². The minimum absolute atomic E-state index is 0.309. The van der Waals surface area contributed by atoms with Crippen molar-refractivity contribution >= 4 is 11.6 Å². The summed E-state index contributed by atoms with van der Waals surface area (Å²) in [7, 11) is 0. The number of benzene rings is 1. The van der Waals surface area contributed by atoms with Gasteiger partial charge in [-0.05, 0) is 32.4 Å². The Hall–Kier alpha value is -1.75. The highest BCUT2D eigenvalue weighted by molar-refractivity contribution is 5.80. The molecule has 0 aliphatic rings. The third kappa shape index (κ3) is 4.13. The number of nitrogens with two attached hydrogens (primary N) is 1. The zero-order chi connectivity index (χ0) is 14.3. The van der Waals surface area contributed by atoms with Crippen LogP contribution in [-0.2, 0) is 4.79 Å². The molecule has 0 spiro atoms. The fourth-order valence-electron chi connectivity index (χ4n) is 1.92. The van der Waals surface area contributed by atoms with Crippen molar-refractivity contribution in [1.29, 1.82) is 0 Å². The zero-order valence-corrected chi connectivity index (χ0v) is 11.8. The Balaban J connectivity index is 2.84. The molecule has 1 aromatic carbocycles. The summed E-state index contributed by atoms with van der Waals surface area (Å²) >= 11 is 0. The minimum Gasteiger partial charge on any atom is -0.480 e. The number of hydrogen-bond acceptors (Lipinski definition) is 4. The highest BCUT2D eigenvalue weighted by atomic mass is 16.5. The molecule has 106 valence electrons. The first-order valence-electron chi connectivity index (χ1n) is 6.68. The van der Waals surface area contributed by atoms with Crippen molar-refractivity contribution in [2.24, 2.45) is 5.84 Å². The largest absolute Gasteiger partial charge is 0.480 e. The highest BCUT2D eigenvalue weighted by Gasteiger charge is 2.17. The van der Waals surface area contributed by atoms with E-state index in [0.29, 0.717) is 12.2 Å². The number of carbonyl (C=O) groups excluding carboxylic acids is 1. The Bertz CT molecular complexity index is 405. The second kappa shape index (κ2) is 7.63. The van der Waals surface area contributed by atoms with Crippen LogP contribution in [0.25, 0.3) is 0 Å². The first kappa shape index (κ1) is 15.3. The maximum atomic E-state index is 11.5. The molecule has 1 atom stereocenters. The van der Waals surface area contributed by atoms with Gasteiger partial charge in [-0.1, -0.05) is 13.0 Å². The van der Waals surface area contributed by atoms with Crippen LogP contribution in [0.4, 0.5) is 5.69 Å². The number of rotatable bonds is 7. The average Bonchev–Trinajstić information content (AvgIpc) is 2.45. The highest BCUT2D eigenvalue weighted by Crippen LogP contribution is 2.22. The maximum Gasteiger partial charge on any atom is 0.274 e. The van der Waals surface area contributed by atoms with E-state index in [0.717, 1.165) is 18.8 Å². The summed E-state index contributed by atoms with van der Waals surface area (Å²) < 4.78 is 5.68. The van der Waals surface area contributed by atoms with Crippen LogP contribution in [0.5, 0.6) is 5.75 Å². The Labute approximate surface area is 114 Å². The minimum atomic E-state index is -0.558. The van der Waals surface area contributed by atoms with Crippen LogP contribution in [0.3, 0.4) is 0 Å². The van der Waals surface area contributed by atoms with E-state index in [1.54, 1.807) is 0 Å². The van der Waals surface area contributed by atoms with Gasteiger partial charge in [0.25, 0.3) is 5.91 Å². The van der Waals surface area contributed by atoms with E-state index >= 15 is 0 Å². The van der Waals surface area contributed by atoms with Crippen molar-refractivity contribution in [1.82, 2.24) is 5.43 Å². The van der Waals surface area contributed by atoms with Crippen LogP contribution in [-0.4, -0.2) is 25.1 Å². The molecule has 1 amide bonds. The molecular formula is C14H23N3O2. The van der Waals surface area contributed by atoms with Gasteiger partial charge in [-0.2, -0.15) is 0 Å². The third-order valence-electron chi connectivity index (χ3n) is 3.03. The van der Waals surface area contributed by atoms with Crippen LogP contribution < -0.4 is 20.9 Å². The number of ether oxygens (including phenoxy) is 1. The molecular weight excluding hydrogens is 242 g/mol. The second-order valence-electron chi connectivity index (χ2n) is 4.19. The molecule has 0 saturated heterocycles. The third-order valence-corrected chi connectivity index (χ3v) is 3.03. The number of nitrogens with zero attached hydrogens (tertiary/aromatic N) is 1. The lowest BCUT2D eigenvalue weighted by Gasteiger charge is -2.22. The van der Waals surface area contributed by atoms with E-state index in [-0.39, 0.29) is 5.91 Å². The number of hydrogen-bond donors (Lipinski definition) is 2. The Morgan fingerprint density at radius 1 is 1.37 bits per heavy atom. The van der Waals surface area contributed by atoms with Crippen LogP contribution in [0.15, 0.2) is 24.3 Å². The number of nitrogens with one attached hydrogen (secondary N) is 1. The van der Waals surface area contributed by atoms with Crippen molar-refractivity contribution < 1.29 is 9.53 Å². The van der Waals surface area contributed by atoms with Gasteiger partial charge in [-0.15, -0.1) is 0 Å². The molecule has 0 aliphatic heterocycles. The van der Waals surface area contributed by atoms with E-state index in [2.05, 4.69) is 24.2 Å². The maximum absolute atomic E-state index is 11.5. The monoisotopic (exact) mass is 265 g/mol. The lowest BCUT2D eigenvalue weighted by molar-refractivity contribution is -0.128. The number of hydrazine groups is 1. The smallest absolute Gasteiger partial charge is 0.274 e. The van der Waals surface area contributed by atoms with E-state index in [4.69, 9.17) is 10.6 Å². The molecule has 0 radical (unpaired) electrons. The van der Waals surface area contributed by atoms with Gasteiger partial charge in [0.05, 0.1) is 0 Å². The Morgan fingerprint density at radius 3 is 2.58 bits per heavy atom. The first-order valence-corrected chi connectivity index (χ1v) is 6.68. The molecule has 0 aliphatic carbocycles. The number of anilines is 1. The molecule has 0 saturated carbocycles. The van der Waals surface area contributed by atoms with Gasteiger partial charge in [0, 0.05) is 24.8 Å². The lowest BCUT2D eigenvalue weighted by atomic mass is 10.2. The molecule has 5 heteroatoms. The van der Waals surface area contributed by atoms with Crippen LogP contribution in [0, 0.1) is 0 Å². The quantitative estimate of drug-likeness (QED) is 0.447. The van der Waals surface area contributed by atoms with Gasteiger partial charge in [0.1, 0.15) is 5.75 Å². The fraction of sp³-hybridized carbons (Fsp3) is 0.500. The van der Waals surface area contributed by atoms with Crippen LogP contribution >= 0.6 is 0 Å². The fourth-order valence-corrected chi connectivity index (χ4v) is 1.92. The summed E-state index contributed by atoms with van der Waals surface area (Å²) in [6, 6.07) is 7.75. The van der Waals surface area contributed by atoms with Crippen LogP contribution in [0.1, 0.15) is 27.2 Å². The molecule has 0 heterocycles. The van der Waals surface area contributed by atoms with Gasteiger partial charge < -0.3 is 9.64 Å². The molecule has 1 unspecified atom stereocenters. The predicted molar refractivity (Wildman–Crippen MR) is 77.0 cm³/mol. The molecule has 0 bridgehead atoms. The standard InChI is InChI=1S/C14H23N3O2/c1-4-13(14(18)16-15)19-12-9-7-8-11(10-12)17(5-2)6-3/h7-10,13H,4-6,15H2,1-3H3,(H,16,18). The lowest BCUT2D eigenvalue weighted by Crippen LogP contribution is -2.41. The van der Waals surface area contributed by atoms with Gasteiger partial charge in [0.2, 0.25) is 0 Å². The number of carbonyl (C=O) groups is 1. The molecule has 19 heavy (non-hydrogen) atoms. The molecule has 3 N–H and O–H groups in total. The second-order valence-corrected chi connectivity index (χ2v) is 4.19. The van der Waals surface area contributed by atoms with Gasteiger partial charge in [-0.25, -0.2) is 5.84 Å². The Kier molecular flexibility index (Phi) is 6.15. The van der Waals surface area contributed by atoms with Crippen molar-refractivity contribution in [3.63, 3.8) is 0 Å². The molecule has 1 rings (SSSR count). The Morgan fingerprint density at radius 2 is 2.05 bits per heavy atom. The van der Waals surface area contributed by atoms with Crippen molar-refractivity contribution in [2.75, 3.05) is 18.0 Å². The molecule has 1 aromatic rings. The summed E-state index contributed by atoms with van der Waals surface area (Å²) in [4.78, 5) is 13.7. The van der Waals surface area contributed by atoms with Crippen molar-refractivity contribution in [2.45, 2.75) is 33.3 Å². The van der Waals surface area contributed by atoms with E-state index in [1.807, 2.05) is 31.2 Å².